The number of amides is 1. The molecule has 1 N–H and O–H groups in total. The largest absolute Gasteiger partial charge is 0.422 e. The lowest BCUT2D eigenvalue weighted by atomic mass is 10.1. The minimum Gasteiger partial charge on any atom is -0.422 e. The summed E-state index contributed by atoms with van der Waals surface area (Å²) >= 11 is 0. The summed E-state index contributed by atoms with van der Waals surface area (Å²) in [7, 11) is 0. The fourth-order valence-corrected chi connectivity index (χ4v) is 3.09. The number of hydrogen-bond acceptors (Lipinski definition) is 3. The lowest BCUT2D eigenvalue weighted by Gasteiger charge is -2.07. The van der Waals surface area contributed by atoms with E-state index in [9.17, 15) is 9.59 Å². The van der Waals surface area contributed by atoms with Crippen LogP contribution in [0.4, 0.5) is 5.69 Å². The number of benzene rings is 3. The highest BCUT2D eigenvalue weighted by Gasteiger charge is 2.09. The van der Waals surface area contributed by atoms with Gasteiger partial charge >= 0.3 is 5.63 Å². The second kappa shape index (κ2) is 7.53. The molecule has 0 fully saturated rings. The van der Waals surface area contributed by atoms with Gasteiger partial charge in [-0.2, -0.15) is 0 Å². The first-order valence-electron chi connectivity index (χ1n) is 9.17. The van der Waals surface area contributed by atoms with E-state index in [2.05, 4.69) is 12.2 Å². The number of nitrogens with one attached hydrogen (secondary N) is 1. The first kappa shape index (κ1) is 17.7. The van der Waals surface area contributed by atoms with Gasteiger partial charge in [-0.25, -0.2) is 4.79 Å². The zero-order valence-corrected chi connectivity index (χ0v) is 15.4. The first-order chi connectivity index (χ1) is 13.6. The molecule has 0 aliphatic heterocycles. The minimum atomic E-state index is -0.383. The minimum absolute atomic E-state index is 0.166. The molecule has 0 radical (unpaired) electrons. The monoisotopic (exact) mass is 369 g/mol. The quantitative estimate of drug-likeness (QED) is 0.498. The van der Waals surface area contributed by atoms with Crippen LogP contribution in [0.2, 0.25) is 0 Å². The molecule has 1 aromatic heterocycles. The molecule has 0 bridgehead atoms. The summed E-state index contributed by atoms with van der Waals surface area (Å²) in [5.74, 6) is -0.166. The Bertz CT molecular complexity index is 1190. The van der Waals surface area contributed by atoms with Crippen LogP contribution in [0.5, 0.6) is 0 Å². The molecule has 0 aliphatic carbocycles. The van der Waals surface area contributed by atoms with Crippen LogP contribution in [-0.4, -0.2) is 5.91 Å². The Hall–Kier alpha value is -3.66. The zero-order chi connectivity index (χ0) is 19.5. The van der Waals surface area contributed by atoms with E-state index < -0.39 is 0 Å². The molecule has 0 spiro atoms. The SMILES string of the molecule is CCc1ccc(C(=O)Nc2ccc(-c3cc4ccccc4oc3=O)cc2)cc1. The van der Waals surface area contributed by atoms with Gasteiger partial charge in [0.2, 0.25) is 0 Å². The molecule has 0 saturated heterocycles. The highest BCUT2D eigenvalue weighted by Crippen LogP contribution is 2.23. The van der Waals surface area contributed by atoms with Crippen LogP contribution in [0, 0.1) is 0 Å². The van der Waals surface area contributed by atoms with Gasteiger partial charge in [0.25, 0.3) is 5.91 Å². The molecule has 0 saturated carbocycles. The van der Waals surface area contributed by atoms with Gasteiger partial charge in [-0.05, 0) is 53.9 Å². The maximum atomic E-state index is 12.4. The van der Waals surface area contributed by atoms with Gasteiger partial charge in [0.1, 0.15) is 5.58 Å². The molecule has 1 heterocycles. The van der Waals surface area contributed by atoms with Crippen LogP contribution in [0.15, 0.2) is 88.1 Å². The Kier molecular flexibility index (Phi) is 4.77. The molecule has 4 heteroatoms. The molecular formula is C24H19NO3. The average Bonchev–Trinajstić information content (AvgIpc) is 2.74. The van der Waals surface area contributed by atoms with Crippen LogP contribution in [0.25, 0.3) is 22.1 Å². The van der Waals surface area contributed by atoms with Crippen LogP contribution in [-0.2, 0) is 6.42 Å². The summed E-state index contributed by atoms with van der Waals surface area (Å²) in [5, 5.41) is 3.74. The van der Waals surface area contributed by atoms with E-state index in [0.29, 0.717) is 22.4 Å². The highest BCUT2D eigenvalue weighted by atomic mass is 16.4. The van der Waals surface area contributed by atoms with E-state index in [0.717, 1.165) is 17.4 Å². The predicted octanol–water partition coefficient (Wildman–Crippen LogP) is 5.27. The Morgan fingerprint density at radius 2 is 1.64 bits per heavy atom. The molecule has 138 valence electrons. The van der Waals surface area contributed by atoms with E-state index >= 15 is 0 Å². The molecule has 4 nitrogen and oxygen atoms in total. The van der Waals surface area contributed by atoms with Crippen molar-refractivity contribution in [2.75, 3.05) is 5.32 Å². The topological polar surface area (TPSA) is 59.3 Å². The molecule has 0 atom stereocenters. The van der Waals surface area contributed by atoms with Crippen LogP contribution < -0.4 is 10.9 Å². The van der Waals surface area contributed by atoms with Crippen LogP contribution in [0.3, 0.4) is 0 Å². The van der Waals surface area contributed by atoms with Crippen molar-refractivity contribution in [3.8, 4) is 11.1 Å². The fraction of sp³-hybridized carbons (Fsp3) is 0.0833. The third-order valence-corrected chi connectivity index (χ3v) is 4.72. The van der Waals surface area contributed by atoms with Gasteiger partial charge < -0.3 is 9.73 Å². The average molecular weight is 369 g/mol. The summed E-state index contributed by atoms with van der Waals surface area (Å²) in [6, 6.07) is 23.9. The van der Waals surface area contributed by atoms with Crippen molar-refractivity contribution in [1.82, 2.24) is 0 Å². The van der Waals surface area contributed by atoms with Crippen molar-refractivity contribution in [3.05, 3.63) is 100 Å². The third kappa shape index (κ3) is 3.58. The number of fused-ring (bicyclic) bond motifs is 1. The summed E-state index contributed by atoms with van der Waals surface area (Å²) in [4.78, 5) is 24.7. The molecule has 0 aliphatic rings. The number of anilines is 1. The van der Waals surface area contributed by atoms with Crippen molar-refractivity contribution in [3.63, 3.8) is 0 Å². The standard InChI is InChI=1S/C24H19NO3/c1-2-16-7-9-18(10-8-16)23(26)25-20-13-11-17(12-14-20)21-15-19-5-3-4-6-22(19)28-24(21)27/h3-15H,2H2,1H3,(H,25,26). The number of hydrogen-bond donors (Lipinski definition) is 1. The summed E-state index contributed by atoms with van der Waals surface area (Å²) in [5.41, 5.74) is 3.88. The smallest absolute Gasteiger partial charge is 0.344 e. The van der Waals surface area contributed by atoms with Crippen LogP contribution in [0.1, 0.15) is 22.8 Å². The van der Waals surface area contributed by atoms with E-state index in [4.69, 9.17) is 4.42 Å². The Morgan fingerprint density at radius 1 is 0.929 bits per heavy atom. The maximum absolute atomic E-state index is 12.4. The van der Waals surface area contributed by atoms with Gasteiger partial charge in [-0.3, -0.25) is 4.79 Å². The first-order valence-corrected chi connectivity index (χ1v) is 9.17. The normalized spacial score (nSPS) is 10.8. The van der Waals surface area contributed by atoms with Crippen molar-refractivity contribution in [2.24, 2.45) is 0 Å². The molecule has 4 rings (SSSR count). The van der Waals surface area contributed by atoms with Gasteiger partial charge in [-0.1, -0.05) is 49.4 Å². The van der Waals surface area contributed by atoms with E-state index in [-0.39, 0.29) is 11.5 Å². The Balaban J connectivity index is 1.56. The predicted molar refractivity (Wildman–Crippen MR) is 112 cm³/mol. The number of carbonyl (C=O) groups is 1. The molecule has 28 heavy (non-hydrogen) atoms. The van der Waals surface area contributed by atoms with E-state index in [1.807, 2.05) is 48.5 Å². The molecular weight excluding hydrogens is 350 g/mol. The van der Waals surface area contributed by atoms with Gasteiger partial charge in [0, 0.05) is 16.6 Å². The van der Waals surface area contributed by atoms with Gasteiger partial charge in [-0.15, -0.1) is 0 Å². The fourth-order valence-electron chi connectivity index (χ4n) is 3.09. The molecule has 4 aromatic rings. The lowest BCUT2D eigenvalue weighted by Crippen LogP contribution is -2.11. The highest BCUT2D eigenvalue weighted by molar-refractivity contribution is 6.04. The van der Waals surface area contributed by atoms with Crippen molar-refractivity contribution < 1.29 is 9.21 Å². The van der Waals surface area contributed by atoms with E-state index in [1.54, 1.807) is 30.3 Å². The van der Waals surface area contributed by atoms with Crippen molar-refractivity contribution >= 4 is 22.6 Å². The van der Waals surface area contributed by atoms with Gasteiger partial charge in [0.15, 0.2) is 0 Å². The molecule has 0 unspecified atom stereocenters. The number of carbonyl (C=O) groups excluding carboxylic acids is 1. The number of rotatable bonds is 4. The maximum Gasteiger partial charge on any atom is 0.344 e. The van der Waals surface area contributed by atoms with Crippen molar-refractivity contribution in [2.45, 2.75) is 13.3 Å². The number of aryl methyl sites for hydroxylation is 1. The third-order valence-electron chi connectivity index (χ3n) is 4.72. The summed E-state index contributed by atoms with van der Waals surface area (Å²) in [6.07, 6.45) is 0.937. The summed E-state index contributed by atoms with van der Waals surface area (Å²) in [6.45, 7) is 2.08. The Morgan fingerprint density at radius 3 is 2.36 bits per heavy atom. The molecule has 3 aromatic carbocycles. The van der Waals surface area contributed by atoms with E-state index in [1.165, 1.54) is 5.56 Å². The van der Waals surface area contributed by atoms with Gasteiger partial charge in [0.05, 0.1) is 5.56 Å². The van der Waals surface area contributed by atoms with Crippen LogP contribution >= 0.6 is 0 Å². The lowest BCUT2D eigenvalue weighted by molar-refractivity contribution is 0.102. The second-order valence-electron chi connectivity index (χ2n) is 6.57. The van der Waals surface area contributed by atoms with Crippen molar-refractivity contribution in [1.29, 1.82) is 0 Å². The number of para-hydroxylation sites is 1. The Labute approximate surface area is 162 Å². The zero-order valence-electron chi connectivity index (χ0n) is 15.4. The summed E-state index contributed by atoms with van der Waals surface area (Å²) < 4.78 is 5.39. The molecule has 1 amide bonds. The second-order valence-corrected chi connectivity index (χ2v) is 6.57.